The fourth-order valence-electron chi connectivity index (χ4n) is 2.92. The predicted molar refractivity (Wildman–Crippen MR) is 119 cm³/mol. The number of nitrogens with zero attached hydrogens (tertiary/aromatic N) is 4. The molecule has 148 valence electrons. The van der Waals surface area contributed by atoms with Gasteiger partial charge in [-0.2, -0.15) is 0 Å². The molecule has 0 aliphatic carbocycles. The van der Waals surface area contributed by atoms with E-state index in [9.17, 15) is 0 Å². The van der Waals surface area contributed by atoms with E-state index in [4.69, 9.17) is 9.40 Å². The van der Waals surface area contributed by atoms with E-state index in [-0.39, 0.29) is 24.8 Å². The van der Waals surface area contributed by atoms with Crippen molar-refractivity contribution in [1.29, 1.82) is 0 Å². The molecule has 3 aromatic heterocycles. The third-order valence-electron chi connectivity index (χ3n) is 4.22. The molecule has 0 fully saturated rings. The summed E-state index contributed by atoms with van der Waals surface area (Å²) in [5.74, 6) is 2.04. The van der Waals surface area contributed by atoms with Crippen LogP contribution in [0, 0.1) is 0 Å². The smallest absolute Gasteiger partial charge is 0.198 e. The van der Waals surface area contributed by atoms with Gasteiger partial charge in [-0.25, -0.2) is 9.97 Å². The largest absolute Gasteiger partial charge is 0.453 e. The lowest BCUT2D eigenvalue weighted by atomic mass is 10.2. The van der Waals surface area contributed by atoms with Crippen molar-refractivity contribution in [3.63, 3.8) is 0 Å². The van der Waals surface area contributed by atoms with E-state index >= 15 is 0 Å². The van der Waals surface area contributed by atoms with Gasteiger partial charge in [-0.15, -0.1) is 24.8 Å². The Morgan fingerprint density at radius 2 is 1.89 bits per heavy atom. The topological polar surface area (TPSA) is 67.1 Å². The third kappa shape index (κ3) is 4.70. The zero-order valence-electron chi connectivity index (χ0n) is 15.8. The van der Waals surface area contributed by atoms with Crippen molar-refractivity contribution in [2.45, 2.75) is 6.42 Å². The maximum absolute atomic E-state index is 5.94. The van der Waals surface area contributed by atoms with E-state index in [0.29, 0.717) is 11.6 Å². The van der Waals surface area contributed by atoms with Gasteiger partial charge in [0, 0.05) is 23.5 Å². The van der Waals surface area contributed by atoms with Gasteiger partial charge in [0.05, 0.1) is 11.7 Å². The fourth-order valence-corrected chi connectivity index (χ4v) is 2.92. The Hall–Kier alpha value is -2.41. The summed E-state index contributed by atoms with van der Waals surface area (Å²) < 4.78 is 5.94. The summed E-state index contributed by atoms with van der Waals surface area (Å²) in [6.45, 7) is 1.86. The molecule has 1 aromatic carbocycles. The van der Waals surface area contributed by atoms with Crippen molar-refractivity contribution in [2.24, 2.45) is 0 Å². The van der Waals surface area contributed by atoms with Crippen LogP contribution in [0.3, 0.4) is 0 Å². The predicted octanol–water partition coefficient (Wildman–Crippen LogP) is 4.65. The number of benzene rings is 1. The highest BCUT2D eigenvalue weighted by molar-refractivity contribution is 5.90. The lowest BCUT2D eigenvalue weighted by Crippen LogP contribution is -2.16. The van der Waals surface area contributed by atoms with Crippen molar-refractivity contribution >= 4 is 52.5 Å². The van der Waals surface area contributed by atoms with E-state index in [2.05, 4.69) is 34.3 Å². The van der Waals surface area contributed by atoms with Gasteiger partial charge in [-0.3, -0.25) is 4.98 Å². The van der Waals surface area contributed by atoms with Gasteiger partial charge in [0.15, 0.2) is 11.6 Å². The van der Waals surface area contributed by atoms with Gasteiger partial charge in [0.1, 0.15) is 11.4 Å². The Morgan fingerprint density at radius 1 is 1.07 bits per heavy atom. The molecular weight excluding hydrogens is 397 g/mol. The van der Waals surface area contributed by atoms with E-state index in [0.717, 1.165) is 47.2 Å². The first kappa shape index (κ1) is 21.9. The summed E-state index contributed by atoms with van der Waals surface area (Å²) >= 11 is 0. The first-order chi connectivity index (χ1) is 12.7. The number of fused-ring (bicyclic) bond motifs is 2. The molecule has 0 saturated heterocycles. The molecule has 3 heterocycles. The van der Waals surface area contributed by atoms with Crippen LogP contribution in [0.5, 0.6) is 0 Å². The van der Waals surface area contributed by atoms with Crippen molar-refractivity contribution in [1.82, 2.24) is 19.9 Å². The number of furan rings is 1. The molecule has 4 rings (SSSR count). The number of hydrogen-bond donors (Lipinski definition) is 1. The van der Waals surface area contributed by atoms with Crippen LogP contribution in [-0.4, -0.2) is 47.0 Å². The number of halogens is 2. The van der Waals surface area contributed by atoms with Gasteiger partial charge in [-0.1, -0.05) is 18.2 Å². The summed E-state index contributed by atoms with van der Waals surface area (Å²) in [5.41, 5.74) is 1.63. The first-order valence-electron chi connectivity index (χ1n) is 8.70. The van der Waals surface area contributed by atoms with Crippen molar-refractivity contribution in [3.05, 3.63) is 48.8 Å². The van der Waals surface area contributed by atoms with Crippen LogP contribution in [0.4, 0.5) is 5.82 Å². The number of para-hydroxylation sites is 1. The van der Waals surface area contributed by atoms with Gasteiger partial charge in [-0.05, 0) is 45.3 Å². The van der Waals surface area contributed by atoms with E-state index < -0.39 is 0 Å². The van der Waals surface area contributed by atoms with Crippen molar-refractivity contribution < 1.29 is 4.42 Å². The minimum absolute atomic E-state index is 0. The Labute approximate surface area is 176 Å². The molecule has 0 aliphatic rings. The van der Waals surface area contributed by atoms with Gasteiger partial charge >= 0.3 is 0 Å². The Morgan fingerprint density at radius 3 is 2.68 bits per heavy atom. The molecule has 0 aliphatic heterocycles. The maximum atomic E-state index is 5.94. The number of aromatic nitrogens is 3. The van der Waals surface area contributed by atoms with E-state index in [1.165, 1.54) is 0 Å². The zero-order valence-corrected chi connectivity index (χ0v) is 17.4. The maximum Gasteiger partial charge on any atom is 0.198 e. The number of pyridine rings is 1. The second-order valence-corrected chi connectivity index (χ2v) is 6.52. The van der Waals surface area contributed by atoms with Crippen LogP contribution in [0.2, 0.25) is 0 Å². The molecule has 0 bridgehead atoms. The normalized spacial score (nSPS) is 10.7. The second-order valence-electron chi connectivity index (χ2n) is 6.52. The van der Waals surface area contributed by atoms with Crippen LogP contribution in [0.15, 0.2) is 53.2 Å². The number of nitrogens with one attached hydrogen (secondary N) is 1. The quantitative estimate of drug-likeness (QED) is 0.458. The lowest BCUT2D eigenvalue weighted by molar-refractivity contribution is 0.405. The Bertz CT molecular complexity index is 1020. The lowest BCUT2D eigenvalue weighted by Gasteiger charge is -2.12. The molecule has 0 saturated carbocycles. The summed E-state index contributed by atoms with van der Waals surface area (Å²) in [5, 5.41) is 5.44. The second kappa shape index (κ2) is 9.68. The fraction of sp³-hybridized carbons (Fsp3) is 0.250. The molecule has 0 atom stereocenters. The number of rotatable bonds is 6. The molecule has 0 unspecified atom stereocenters. The highest BCUT2D eigenvalue weighted by Crippen LogP contribution is 2.28. The molecule has 1 N–H and O–H groups in total. The molecule has 6 nitrogen and oxygen atoms in total. The molecule has 8 heteroatoms. The van der Waals surface area contributed by atoms with Crippen LogP contribution in [0.25, 0.3) is 33.5 Å². The zero-order chi connectivity index (χ0) is 17.9. The van der Waals surface area contributed by atoms with Crippen LogP contribution in [0.1, 0.15) is 6.42 Å². The van der Waals surface area contributed by atoms with Crippen LogP contribution < -0.4 is 5.32 Å². The van der Waals surface area contributed by atoms with E-state index in [1.54, 1.807) is 12.4 Å². The summed E-state index contributed by atoms with van der Waals surface area (Å²) in [4.78, 5) is 15.7. The Kier molecular flexibility index (Phi) is 7.57. The SMILES string of the molecule is CN(C)CCCNc1nc(-c2cc3ccccc3o2)nc2cnccc12.Cl.Cl. The molecular formula is C20H23Cl2N5O. The molecule has 0 amide bonds. The molecule has 0 radical (unpaired) electrons. The van der Waals surface area contributed by atoms with E-state index in [1.807, 2.05) is 36.4 Å². The average Bonchev–Trinajstić information content (AvgIpc) is 3.09. The summed E-state index contributed by atoms with van der Waals surface area (Å²) in [7, 11) is 4.15. The van der Waals surface area contributed by atoms with Crippen molar-refractivity contribution in [2.75, 3.05) is 32.5 Å². The highest BCUT2D eigenvalue weighted by atomic mass is 35.5. The molecule has 0 spiro atoms. The average molecular weight is 420 g/mol. The Balaban J connectivity index is 0.00000140. The third-order valence-corrected chi connectivity index (χ3v) is 4.22. The number of hydrogen-bond acceptors (Lipinski definition) is 6. The minimum atomic E-state index is 0. The summed E-state index contributed by atoms with van der Waals surface area (Å²) in [6, 6.07) is 11.8. The monoisotopic (exact) mass is 419 g/mol. The van der Waals surface area contributed by atoms with Gasteiger partial charge in [0.25, 0.3) is 0 Å². The summed E-state index contributed by atoms with van der Waals surface area (Å²) in [6.07, 6.45) is 4.55. The van der Waals surface area contributed by atoms with Crippen molar-refractivity contribution in [3.8, 4) is 11.6 Å². The highest BCUT2D eigenvalue weighted by Gasteiger charge is 2.13. The van der Waals surface area contributed by atoms with Crippen LogP contribution >= 0.6 is 24.8 Å². The minimum Gasteiger partial charge on any atom is -0.453 e. The van der Waals surface area contributed by atoms with Gasteiger partial charge in [0.2, 0.25) is 0 Å². The standard InChI is InChI=1S/C20H21N5O.2ClH/c1-25(2)11-5-9-22-19-15-8-10-21-13-16(15)23-20(24-19)18-12-14-6-3-4-7-17(14)26-18;;/h3-4,6-8,10,12-13H,5,9,11H2,1-2H3,(H,22,23,24);2*1H. The number of anilines is 1. The van der Waals surface area contributed by atoms with Gasteiger partial charge < -0.3 is 14.6 Å². The molecule has 4 aromatic rings. The van der Waals surface area contributed by atoms with Crippen LogP contribution in [-0.2, 0) is 0 Å². The first-order valence-corrected chi connectivity index (χ1v) is 8.70. The molecule has 28 heavy (non-hydrogen) atoms.